The average Bonchev–Trinajstić information content (AvgIpc) is 2.76. The van der Waals surface area contributed by atoms with E-state index in [0.29, 0.717) is 29.3 Å². The molecule has 6 nitrogen and oxygen atoms in total. The van der Waals surface area contributed by atoms with Crippen molar-refractivity contribution >= 4 is 61.8 Å². The van der Waals surface area contributed by atoms with Crippen molar-refractivity contribution in [3.8, 4) is 11.5 Å². The summed E-state index contributed by atoms with van der Waals surface area (Å²) in [6.07, 6.45) is 6.53. The third kappa shape index (κ3) is 7.98. The molecular formula is C24H29Br2ClN2O4. The van der Waals surface area contributed by atoms with Crippen LogP contribution in [0.5, 0.6) is 11.5 Å². The van der Waals surface area contributed by atoms with Gasteiger partial charge in [0.1, 0.15) is 11.5 Å². The summed E-state index contributed by atoms with van der Waals surface area (Å²) in [5, 5.41) is 6.57. The molecule has 9 heteroatoms. The molecular weight excluding hydrogens is 576 g/mol. The average molecular weight is 605 g/mol. The van der Waals surface area contributed by atoms with Crippen molar-refractivity contribution < 1.29 is 19.1 Å². The quantitative estimate of drug-likeness (QED) is 0.266. The molecule has 2 aromatic carbocycles. The highest BCUT2D eigenvalue weighted by molar-refractivity contribution is 9.11. The number of amides is 1. The van der Waals surface area contributed by atoms with Gasteiger partial charge in [-0.3, -0.25) is 9.59 Å². The summed E-state index contributed by atoms with van der Waals surface area (Å²) < 4.78 is 12.2. The van der Waals surface area contributed by atoms with Gasteiger partial charge in [-0.05, 0) is 71.1 Å². The molecule has 0 atom stereocenters. The molecule has 2 aromatic rings. The zero-order chi connectivity index (χ0) is 23.1. The molecule has 0 saturated heterocycles. The van der Waals surface area contributed by atoms with Crippen molar-refractivity contribution in [1.82, 2.24) is 5.32 Å². The van der Waals surface area contributed by atoms with E-state index in [1.165, 1.54) is 52.2 Å². The van der Waals surface area contributed by atoms with Crippen molar-refractivity contribution in [3.63, 3.8) is 0 Å². The number of hydrogen-bond donors (Lipinski definition) is 2. The molecule has 0 aliphatic heterocycles. The number of ether oxygens (including phenoxy) is 2. The standard InChI is InChI=1S/C24H28Br2N2O4.ClH/c1-15(29)32-19-8-9-20(22(12-19)31-2)24(30)28-23-17(10-18(25)11-21(23)26)14-27-13-16-6-4-3-5-7-16;/h8-12,16,27H,3-7,13-14H2,1-2H3,(H,28,30);1H. The molecule has 1 aliphatic carbocycles. The van der Waals surface area contributed by atoms with E-state index in [1.807, 2.05) is 12.1 Å². The number of halogens is 3. The predicted molar refractivity (Wildman–Crippen MR) is 140 cm³/mol. The van der Waals surface area contributed by atoms with Crippen LogP contribution in [-0.2, 0) is 11.3 Å². The predicted octanol–water partition coefficient (Wildman–Crippen LogP) is 6.49. The number of nitrogens with one attached hydrogen (secondary N) is 2. The van der Waals surface area contributed by atoms with Crippen LogP contribution in [0.15, 0.2) is 39.3 Å². The van der Waals surface area contributed by atoms with Gasteiger partial charge in [-0.25, -0.2) is 0 Å². The third-order valence-electron chi connectivity index (χ3n) is 5.53. The maximum Gasteiger partial charge on any atom is 0.308 e. The summed E-state index contributed by atoms with van der Waals surface area (Å²) in [6.45, 7) is 2.94. The van der Waals surface area contributed by atoms with Crippen molar-refractivity contribution in [3.05, 3.63) is 50.4 Å². The first kappa shape index (κ1) is 27.6. The first-order valence-corrected chi connectivity index (χ1v) is 12.3. The molecule has 0 unspecified atom stereocenters. The lowest BCUT2D eigenvalue weighted by Crippen LogP contribution is -2.25. The Hall–Kier alpha value is -1.61. The third-order valence-corrected chi connectivity index (χ3v) is 6.61. The van der Waals surface area contributed by atoms with Gasteiger partial charge in [0, 0.05) is 28.5 Å². The van der Waals surface area contributed by atoms with Gasteiger partial charge in [-0.1, -0.05) is 35.2 Å². The van der Waals surface area contributed by atoms with Crippen LogP contribution in [0.3, 0.4) is 0 Å². The van der Waals surface area contributed by atoms with Crippen molar-refractivity contribution in [2.75, 3.05) is 19.0 Å². The van der Waals surface area contributed by atoms with Gasteiger partial charge in [0.05, 0.1) is 18.4 Å². The Balaban J connectivity index is 0.00000385. The van der Waals surface area contributed by atoms with Gasteiger partial charge in [-0.2, -0.15) is 0 Å². The molecule has 1 amide bonds. The molecule has 1 saturated carbocycles. The van der Waals surface area contributed by atoms with Crippen LogP contribution in [0.25, 0.3) is 0 Å². The minimum Gasteiger partial charge on any atom is -0.496 e. The van der Waals surface area contributed by atoms with Crippen molar-refractivity contribution in [2.45, 2.75) is 45.6 Å². The monoisotopic (exact) mass is 602 g/mol. The smallest absolute Gasteiger partial charge is 0.308 e. The number of carbonyl (C=O) groups is 2. The number of anilines is 1. The second-order valence-electron chi connectivity index (χ2n) is 7.97. The Labute approximate surface area is 217 Å². The minimum absolute atomic E-state index is 0. The van der Waals surface area contributed by atoms with Gasteiger partial charge in [0.2, 0.25) is 0 Å². The van der Waals surface area contributed by atoms with Crippen molar-refractivity contribution in [1.29, 1.82) is 0 Å². The molecule has 180 valence electrons. The number of esters is 1. The van der Waals surface area contributed by atoms with E-state index in [-0.39, 0.29) is 18.3 Å². The van der Waals surface area contributed by atoms with Crippen LogP contribution in [0, 0.1) is 5.92 Å². The largest absolute Gasteiger partial charge is 0.496 e. The maximum absolute atomic E-state index is 13.1. The molecule has 0 radical (unpaired) electrons. The van der Waals surface area contributed by atoms with E-state index in [4.69, 9.17) is 9.47 Å². The molecule has 0 aromatic heterocycles. The number of rotatable bonds is 8. The Morgan fingerprint density at radius 2 is 1.82 bits per heavy atom. The fourth-order valence-electron chi connectivity index (χ4n) is 3.98. The first-order valence-electron chi connectivity index (χ1n) is 10.7. The Kier molecular flexibility index (Phi) is 11.2. The van der Waals surface area contributed by atoms with E-state index in [0.717, 1.165) is 27.0 Å². The number of hydrogen-bond acceptors (Lipinski definition) is 5. The second kappa shape index (κ2) is 13.3. The van der Waals surface area contributed by atoms with Crippen LogP contribution in [0.2, 0.25) is 0 Å². The van der Waals surface area contributed by atoms with Gasteiger partial charge >= 0.3 is 5.97 Å². The van der Waals surface area contributed by atoms with E-state index >= 15 is 0 Å². The van der Waals surface area contributed by atoms with Crippen LogP contribution in [0.4, 0.5) is 5.69 Å². The minimum atomic E-state index is -0.437. The second-order valence-corrected chi connectivity index (χ2v) is 9.74. The summed E-state index contributed by atoms with van der Waals surface area (Å²) in [5.41, 5.74) is 2.03. The zero-order valence-electron chi connectivity index (χ0n) is 18.7. The molecule has 0 spiro atoms. The van der Waals surface area contributed by atoms with Crippen molar-refractivity contribution in [2.24, 2.45) is 5.92 Å². The Morgan fingerprint density at radius 3 is 2.48 bits per heavy atom. The lowest BCUT2D eigenvalue weighted by Gasteiger charge is -2.22. The number of methoxy groups -OCH3 is 1. The lowest BCUT2D eigenvalue weighted by molar-refractivity contribution is -0.131. The van der Waals surface area contributed by atoms with Crippen LogP contribution >= 0.6 is 44.3 Å². The fraction of sp³-hybridized carbons (Fsp3) is 0.417. The Bertz CT molecular complexity index is 981. The molecule has 33 heavy (non-hydrogen) atoms. The first-order chi connectivity index (χ1) is 15.4. The number of benzene rings is 2. The molecule has 0 heterocycles. The molecule has 1 fully saturated rings. The summed E-state index contributed by atoms with van der Waals surface area (Å²) in [7, 11) is 1.47. The maximum atomic E-state index is 13.1. The Morgan fingerprint density at radius 1 is 1.09 bits per heavy atom. The van der Waals surface area contributed by atoms with E-state index in [9.17, 15) is 9.59 Å². The summed E-state index contributed by atoms with van der Waals surface area (Å²) in [5.74, 6) is 0.619. The van der Waals surface area contributed by atoms with Crippen LogP contribution in [-0.4, -0.2) is 25.5 Å². The van der Waals surface area contributed by atoms with E-state index < -0.39 is 5.97 Å². The highest BCUT2D eigenvalue weighted by Gasteiger charge is 2.18. The molecule has 0 bridgehead atoms. The summed E-state index contributed by atoms with van der Waals surface area (Å²) in [6, 6.07) is 8.60. The topological polar surface area (TPSA) is 76.7 Å². The van der Waals surface area contributed by atoms with Crippen LogP contribution < -0.4 is 20.1 Å². The van der Waals surface area contributed by atoms with Gasteiger partial charge in [-0.15, -0.1) is 12.4 Å². The number of carbonyl (C=O) groups excluding carboxylic acids is 2. The van der Waals surface area contributed by atoms with E-state index in [2.05, 4.69) is 42.5 Å². The van der Waals surface area contributed by atoms with E-state index in [1.54, 1.807) is 12.1 Å². The zero-order valence-corrected chi connectivity index (χ0v) is 22.7. The van der Waals surface area contributed by atoms with Crippen LogP contribution in [0.1, 0.15) is 54.9 Å². The SMILES string of the molecule is COc1cc(OC(C)=O)ccc1C(=O)Nc1c(Br)cc(Br)cc1CNCC1CCCCC1.Cl. The van der Waals surface area contributed by atoms with Gasteiger partial charge < -0.3 is 20.1 Å². The summed E-state index contributed by atoms with van der Waals surface area (Å²) >= 11 is 7.13. The molecule has 1 aliphatic rings. The summed E-state index contributed by atoms with van der Waals surface area (Å²) in [4.78, 5) is 24.3. The lowest BCUT2D eigenvalue weighted by atomic mass is 9.89. The van der Waals surface area contributed by atoms with Gasteiger partial charge in [0.25, 0.3) is 5.91 Å². The fourth-order valence-corrected chi connectivity index (χ4v) is 5.39. The van der Waals surface area contributed by atoms with Gasteiger partial charge in [0.15, 0.2) is 0 Å². The molecule has 2 N–H and O–H groups in total. The molecule has 3 rings (SSSR count). The highest BCUT2D eigenvalue weighted by atomic mass is 79.9. The normalized spacial score (nSPS) is 13.7. The highest BCUT2D eigenvalue weighted by Crippen LogP contribution is 2.33.